The Morgan fingerprint density at radius 3 is 2.21 bits per heavy atom. The van der Waals surface area contributed by atoms with E-state index in [9.17, 15) is 9.59 Å². The predicted molar refractivity (Wildman–Crippen MR) is 58.9 cm³/mol. The number of Topliss-reactive ketones (excluding diaryl/α,β-unsaturated/α-hetero) is 1. The maximum absolute atomic E-state index is 11.1. The Kier molecular flexibility index (Phi) is 5.15. The molecule has 4 nitrogen and oxygen atoms in total. The molecule has 0 rings (SSSR count). The molecule has 0 heterocycles. The number of ketones is 1. The lowest BCUT2D eigenvalue weighted by atomic mass is 9.94. The van der Waals surface area contributed by atoms with Gasteiger partial charge in [-0.25, -0.2) is 0 Å². The Labute approximate surface area is 88.6 Å². The van der Waals surface area contributed by atoms with Gasteiger partial charge in [0.1, 0.15) is 5.78 Å². The van der Waals surface area contributed by atoms with E-state index in [4.69, 9.17) is 17.6 Å². The van der Waals surface area contributed by atoms with Gasteiger partial charge >= 0.3 is 0 Å². The minimum Gasteiger partial charge on any atom is -0.359 e. The van der Waals surface area contributed by atoms with Gasteiger partial charge in [-0.15, -0.1) is 0 Å². The average Bonchev–Trinajstić information content (AvgIpc) is 2.02. The predicted octanol–water partition coefficient (Wildman–Crippen LogP) is 0.737. The van der Waals surface area contributed by atoms with Crippen LogP contribution in [0.5, 0.6) is 0 Å². The van der Waals surface area contributed by atoms with Crippen molar-refractivity contribution in [3.05, 3.63) is 0 Å². The van der Waals surface area contributed by atoms with Crippen LogP contribution in [0.15, 0.2) is 0 Å². The fraction of sp³-hybridized carbons (Fsp3) is 0.556. The minimum absolute atomic E-state index is 0.0201. The summed E-state index contributed by atoms with van der Waals surface area (Å²) in [5.74, 6) is -1.11. The van der Waals surface area contributed by atoms with Crippen molar-refractivity contribution in [1.29, 1.82) is 5.41 Å². The second-order valence-corrected chi connectivity index (χ2v) is 3.57. The Morgan fingerprint density at radius 2 is 1.93 bits per heavy atom. The van der Waals surface area contributed by atoms with E-state index in [1.54, 1.807) is 0 Å². The highest BCUT2D eigenvalue weighted by molar-refractivity contribution is 7.80. The van der Waals surface area contributed by atoms with E-state index >= 15 is 0 Å². The van der Waals surface area contributed by atoms with Gasteiger partial charge < -0.3 is 10.7 Å². The molecule has 0 aliphatic heterocycles. The summed E-state index contributed by atoms with van der Waals surface area (Å²) in [4.78, 5) is 22.4. The maximum atomic E-state index is 11.1. The van der Waals surface area contributed by atoms with Crippen LogP contribution in [0.2, 0.25) is 0 Å². The summed E-state index contributed by atoms with van der Waals surface area (Å²) in [6.07, 6.45) is 0.0201. The molecule has 0 saturated carbocycles. The molecule has 0 aromatic rings. The van der Waals surface area contributed by atoms with Crippen LogP contribution >= 0.6 is 12.2 Å². The van der Waals surface area contributed by atoms with Crippen LogP contribution in [0.3, 0.4) is 0 Å². The van der Waals surface area contributed by atoms with Gasteiger partial charge in [-0.2, -0.15) is 0 Å². The fourth-order valence-corrected chi connectivity index (χ4v) is 1.60. The van der Waals surface area contributed by atoms with Crippen molar-refractivity contribution in [3.8, 4) is 0 Å². The molecule has 0 radical (unpaired) electrons. The summed E-state index contributed by atoms with van der Waals surface area (Å²) in [6, 6.07) is 0. The number of hydrogen-bond acceptors (Lipinski definition) is 4. The van der Waals surface area contributed by atoms with Gasteiger partial charge in [-0.1, -0.05) is 12.2 Å². The van der Waals surface area contributed by atoms with Crippen LogP contribution in [0.4, 0.5) is 0 Å². The van der Waals surface area contributed by atoms with Gasteiger partial charge in [0.15, 0.2) is 0 Å². The van der Waals surface area contributed by atoms with Gasteiger partial charge in [-0.3, -0.25) is 9.59 Å². The van der Waals surface area contributed by atoms with E-state index < -0.39 is 5.92 Å². The molecule has 0 fully saturated rings. The van der Waals surface area contributed by atoms with Crippen LogP contribution in [0.1, 0.15) is 20.3 Å². The lowest BCUT2D eigenvalue weighted by molar-refractivity contribution is -0.119. The highest BCUT2D eigenvalue weighted by Gasteiger charge is 2.22. The summed E-state index contributed by atoms with van der Waals surface area (Å²) >= 11 is 4.95. The van der Waals surface area contributed by atoms with Gasteiger partial charge in [0.2, 0.25) is 5.91 Å². The van der Waals surface area contributed by atoms with E-state index in [1.165, 1.54) is 20.9 Å². The molecule has 5 heteroatoms. The maximum Gasteiger partial charge on any atom is 0.224 e. The van der Waals surface area contributed by atoms with Crippen molar-refractivity contribution >= 4 is 34.5 Å². The number of carbonyl (C=O) groups excluding carboxylic acids is 2. The molecule has 1 amide bonds. The van der Waals surface area contributed by atoms with E-state index in [0.29, 0.717) is 4.86 Å². The number of carbonyl (C=O) groups is 2. The third-order valence-corrected chi connectivity index (χ3v) is 2.16. The minimum atomic E-state index is -0.692. The second-order valence-electron chi connectivity index (χ2n) is 3.04. The van der Waals surface area contributed by atoms with E-state index in [2.05, 4.69) is 5.32 Å². The Balaban J connectivity index is 4.54. The van der Waals surface area contributed by atoms with Crippen LogP contribution in [-0.2, 0) is 9.59 Å². The monoisotopic (exact) mass is 214 g/mol. The van der Waals surface area contributed by atoms with Crippen LogP contribution in [0.25, 0.3) is 0 Å². The third kappa shape index (κ3) is 3.74. The molecule has 0 aliphatic rings. The van der Waals surface area contributed by atoms with Gasteiger partial charge in [0.25, 0.3) is 0 Å². The van der Waals surface area contributed by atoms with Gasteiger partial charge in [0.05, 0.1) is 12.3 Å². The number of rotatable bonds is 5. The molecule has 2 N–H and O–H groups in total. The molecule has 0 aliphatic carbocycles. The van der Waals surface area contributed by atoms with Crippen molar-refractivity contribution in [3.63, 3.8) is 0 Å². The first-order valence-electron chi connectivity index (χ1n) is 4.19. The van der Waals surface area contributed by atoms with E-state index in [-0.39, 0.29) is 23.8 Å². The van der Waals surface area contributed by atoms with Crippen molar-refractivity contribution in [2.75, 3.05) is 7.05 Å². The smallest absolute Gasteiger partial charge is 0.224 e. The SMILES string of the molecule is CNC(=O)CC(=S)C(C(C)=N)C(C)=O. The molecule has 1 unspecified atom stereocenters. The van der Waals surface area contributed by atoms with Crippen LogP contribution in [-0.4, -0.2) is 29.3 Å². The Bertz CT molecular complexity index is 273. The summed E-state index contributed by atoms with van der Waals surface area (Å²) in [5.41, 5.74) is 0.186. The first-order valence-corrected chi connectivity index (χ1v) is 4.59. The Morgan fingerprint density at radius 1 is 1.43 bits per heavy atom. The lowest BCUT2D eigenvalue weighted by Gasteiger charge is -2.12. The van der Waals surface area contributed by atoms with Crippen LogP contribution in [0, 0.1) is 11.3 Å². The third-order valence-electron chi connectivity index (χ3n) is 1.78. The standard InChI is InChI=1S/C9H14N2O2S/c1-5(10)9(6(2)12)7(14)4-8(13)11-3/h9-10H,4H2,1-3H3,(H,11,13). The first kappa shape index (κ1) is 12.9. The summed E-state index contributed by atoms with van der Waals surface area (Å²) in [6.45, 7) is 2.89. The van der Waals surface area contributed by atoms with Crippen molar-refractivity contribution in [2.24, 2.45) is 5.92 Å². The van der Waals surface area contributed by atoms with Crippen molar-refractivity contribution in [1.82, 2.24) is 5.32 Å². The lowest BCUT2D eigenvalue weighted by Crippen LogP contribution is -2.31. The quantitative estimate of drug-likeness (QED) is 0.524. The molecule has 0 spiro atoms. The summed E-state index contributed by atoms with van der Waals surface area (Å²) < 4.78 is 0. The molecule has 78 valence electrons. The largest absolute Gasteiger partial charge is 0.359 e. The number of hydrogen-bond donors (Lipinski definition) is 2. The highest BCUT2D eigenvalue weighted by atomic mass is 32.1. The first-order chi connectivity index (χ1) is 6.40. The zero-order chi connectivity index (χ0) is 11.3. The zero-order valence-corrected chi connectivity index (χ0v) is 9.33. The van der Waals surface area contributed by atoms with Crippen molar-refractivity contribution < 1.29 is 9.59 Å². The molecule has 14 heavy (non-hydrogen) atoms. The van der Waals surface area contributed by atoms with E-state index in [1.807, 2.05) is 0 Å². The zero-order valence-electron chi connectivity index (χ0n) is 8.51. The number of thiocarbonyl (C=S) groups is 1. The highest BCUT2D eigenvalue weighted by Crippen LogP contribution is 2.07. The molecule has 0 saturated heterocycles. The Hall–Kier alpha value is -1.10. The van der Waals surface area contributed by atoms with Crippen LogP contribution < -0.4 is 5.32 Å². The number of amides is 1. The van der Waals surface area contributed by atoms with Gasteiger partial charge in [-0.05, 0) is 13.8 Å². The molecule has 0 aromatic heterocycles. The van der Waals surface area contributed by atoms with Gasteiger partial charge in [0, 0.05) is 17.6 Å². The topological polar surface area (TPSA) is 70.0 Å². The average molecular weight is 214 g/mol. The van der Waals surface area contributed by atoms with E-state index in [0.717, 1.165) is 0 Å². The summed E-state index contributed by atoms with van der Waals surface area (Å²) in [7, 11) is 1.50. The van der Waals surface area contributed by atoms with Crippen molar-refractivity contribution in [2.45, 2.75) is 20.3 Å². The molecular formula is C9H14N2O2S. The molecule has 1 atom stereocenters. The number of nitrogens with one attached hydrogen (secondary N) is 2. The molecule has 0 aromatic carbocycles. The molecular weight excluding hydrogens is 200 g/mol. The second kappa shape index (κ2) is 5.59. The normalized spacial score (nSPS) is 11.6. The molecule has 0 bridgehead atoms. The fourth-order valence-electron chi connectivity index (χ4n) is 1.12. The summed E-state index contributed by atoms with van der Waals surface area (Å²) in [5, 5.41) is 9.79.